The highest BCUT2D eigenvalue weighted by molar-refractivity contribution is 7.98. The lowest BCUT2D eigenvalue weighted by Gasteiger charge is -2.29. The number of hydrogen-bond donors (Lipinski definition) is 1. The van der Waals surface area contributed by atoms with Gasteiger partial charge in [-0.15, -0.1) is 0 Å². The number of amides is 1. The Labute approximate surface area is 122 Å². The summed E-state index contributed by atoms with van der Waals surface area (Å²) in [5.74, 6) is 0.319. The third kappa shape index (κ3) is 3.60. The average Bonchev–Trinajstić information content (AvgIpc) is 2.42. The van der Waals surface area contributed by atoms with E-state index >= 15 is 0 Å². The van der Waals surface area contributed by atoms with Crippen LogP contribution in [0.15, 0.2) is 11.4 Å². The van der Waals surface area contributed by atoms with Crippen LogP contribution >= 0.6 is 23.4 Å². The molecular formula is C13H18ClN3OS. The van der Waals surface area contributed by atoms with Gasteiger partial charge in [0.25, 0.3) is 5.91 Å². The molecule has 104 valence electrons. The molecule has 1 saturated carbocycles. The van der Waals surface area contributed by atoms with Crippen LogP contribution in [0.5, 0.6) is 0 Å². The molecule has 2 rings (SSSR count). The zero-order chi connectivity index (χ0) is 13.8. The molecule has 0 saturated heterocycles. The van der Waals surface area contributed by atoms with E-state index < -0.39 is 0 Å². The first kappa shape index (κ1) is 14.6. The molecule has 1 aliphatic rings. The Kier molecular flexibility index (Phi) is 5.05. The van der Waals surface area contributed by atoms with Crippen molar-refractivity contribution in [2.75, 3.05) is 6.26 Å². The number of halogens is 1. The molecule has 1 aromatic rings. The summed E-state index contributed by atoms with van der Waals surface area (Å²) in [5, 5.41) is 3.92. The maximum atomic E-state index is 12.3. The van der Waals surface area contributed by atoms with Gasteiger partial charge in [-0.2, -0.15) is 0 Å². The lowest BCUT2D eigenvalue weighted by molar-refractivity contribution is 0.0904. The molecule has 2 atom stereocenters. The quantitative estimate of drug-likeness (QED) is 0.688. The summed E-state index contributed by atoms with van der Waals surface area (Å²) >= 11 is 7.40. The van der Waals surface area contributed by atoms with Gasteiger partial charge in [-0.05, 0) is 25.0 Å². The van der Waals surface area contributed by atoms with E-state index in [0.717, 1.165) is 6.42 Å². The van der Waals surface area contributed by atoms with Gasteiger partial charge in [0.05, 0.1) is 11.2 Å². The van der Waals surface area contributed by atoms with Gasteiger partial charge >= 0.3 is 0 Å². The first-order valence-electron chi connectivity index (χ1n) is 6.49. The number of carbonyl (C=O) groups excluding carboxylic acids is 1. The molecular weight excluding hydrogens is 282 g/mol. The summed E-state index contributed by atoms with van der Waals surface area (Å²) < 4.78 is 0. The molecule has 6 heteroatoms. The van der Waals surface area contributed by atoms with Crippen LogP contribution in [0.3, 0.4) is 0 Å². The fourth-order valence-corrected chi connectivity index (χ4v) is 2.89. The molecule has 1 amide bonds. The minimum Gasteiger partial charge on any atom is -0.348 e. The van der Waals surface area contributed by atoms with E-state index in [-0.39, 0.29) is 17.6 Å². The molecule has 0 bridgehead atoms. The molecule has 0 spiro atoms. The highest BCUT2D eigenvalue weighted by Crippen LogP contribution is 2.24. The second-order valence-electron chi connectivity index (χ2n) is 4.89. The Balaban J connectivity index is 2.10. The van der Waals surface area contributed by atoms with E-state index in [1.165, 1.54) is 37.2 Å². The molecule has 0 radical (unpaired) electrons. The zero-order valence-corrected chi connectivity index (χ0v) is 12.7. The Morgan fingerprint density at radius 3 is 2.89 bits per heavy atom. The van der Waals surface area contributed by atoms with Crippen LogP contribution in [0.2, 0.25) is 5.02 Å². The number of rotatable bonds is 3. The van der Waals surface area contributed by atoms with Crippen molar-refractivity contribution in [1.29, 1.82) is 0 Å². The number of aromatic nitrogens is 2. The topological polar surface area (TPSA) is 54.9 Å². The smallest absolute Gasteiger partial charge is 0.271 e. The summed E-state index contributed by atoms with van der Waals surface area (Å²) in [6.45, 7) is 2.18. The second kappa shape index (κ2) is 6.57. The van der Waals surface area contributed by atoms with Crippen LogP contribution in [0.4, 0.5) is 0 Å². The second-order valence-corrected chi connectivity index (χ2v) is 6.08. The van der Waals surface area contributed by atoms with Gasteiger partial charge in [-0.3, -0.25) is 4.79 Å². The molecule has 4 nitrogen and oxygen atoms in total. The van der Waals surface area contributed by atoms with Crippen molar-refractivity contribution in [2.45, 2.75) is 43.8 Å². The van der Waals surface area contributed by atoms with Gasteiger partial charge in [0, 0.05) is 6.04 Å². The van der Waals surface area contributed by atoms with E-state index in [1.807, 2.05) is 6.26 Å². The monoisotopic (exact) mass is 299 g/mol. The van der Waals surface area contributed by atoms with Crippen molar-refractivity contribution in [3.8, 4) is 0 Å². The molecule has 1 aromatic heterocycles. The highest BCUT2D eigenvalue weighted by atomic mass is 35.5. The lowest BCUT2D eigenvalue weighted by atomic mass is 9.86. The normalized spacial score (nSPS) is 23.1. The highest BCUT2D eigenvalue weighted by Gasteiger charge is 2.24. The van der Waals surface area contributed by atoms with Crippen LogP contribution in [-0.4, -0.2) is 28.2 Å². The van der Waals surface area contributed by atoms with Crippen LogP contribution < -0.4 is 5.32 Å². The number of thioether (sulfide) groups is 1. The Bertz CT molecular complexity index is 469. The van der Waals surface area contributed by atoms with Gasteiger partial charge in [-0.25, -0.2) is 9.97 Å². The largest absolute Gasteiger partial charge is 0.348 e. The van der Waals surface area contributed by atoms with Gasteiger partial charge in [0.1, 0.15) is 0 Å². The first-order valence-corrected chi connectivity index (χ1v) is 8.09. The van der Waals surface area contributed by atoms with Gasteiger partial charge < -0.3 is 5.32 Å². The fraction of sp³-hybridized carbons (Fsp3) is 0.615. The van der Waals surface area contributed by atoms with E-state index in [9.17, 15) is 4.79 Å². The summed E-state index contributed by atoms with van der Waals surface area (Å²) in [7, 11) is 0. The van der Waals surface area contributed by atoms with Crippen molar-refractivity contribution >= 4 is 29.3 Å². The van der Waals surface area contributed by atoms with Crippen LogP contribution in [0.1, 0.15) is 43.1 Å². The minimum absolute atomic E-state index is 0.193. The van der Waals surface area contributed by atoms with Crippen molar-refractivity contribution < 1.29 is 4.79 Å². The fourth-order valence-electron chi connectivity index (χ4n) is 2.38. The van der Waals surface area contributed by atoms with E-state index in [2.05, 4.69) is 22.2 Å². The summed E-state index contributed by atoms with van der Waals surface area (Å²) in [6, 6.07) is 0.227. The van der Waals surface area contributed by atoms with Crippen molar-refractivity contribution in [3.05, 3.63) is 16.9 Å². The Morgan fingerprint density at radius 2 is 2.21 bits per heavy atom. The standard InChI is InChI=1S/C13H18ClN3OS/c1-8-5-3-4-6-10(8)16-12(18)11-9(14)7-15-13(17-11)19-2/h7-8,10H,3-6H2,1-2H3,(H,16,18). The summed E-state index contributed by atoms with van der Waals surface area (Å²) in [6.07, 6.45) is 7.97. The summed E-state index contributed by atoms with van der Waals surface area (Å²) in [5.41, 5.74) is 0.277. The minimum atomic E-state index is -0.193. The van der Waals surface area contributed by atoms with Gasteiger partial charge in [-0.1, -0.05) is 43.1 Å². The molecule has 1 aliphatic carbocycles. The molecule has 2 unspecified atom stereocenters. The van der Waals surface area contributed by atoms with E-state index in [1.54, 1.807) is 0 Å². The molecule has 1 heterocycles. The molecule has 0 aliphatic heterocycles. The third-order valence-electron chi connectivity index (χ3n) is 3.55. The molecule has 19 heavy (non-hydrogen) atoms. The maximum absolute atomic E-state index is 12.3. The molecule has 0 aromatic carbocycles. The number of nitrogens with zero attached hydrogens (tertiary/aromatic N) is 2. The first-order chi connectivity index (χ1) is 9.11. The number of carbonyl (C=O) groups is 1. The molecule has 1 fully saturated rings. The maximum Gasteiger partial charge on any atom is 0.271 e. The van der Waals surface area contributed by atoms with Crippen molar-refractivity contribution in [3.63, 3.8) is 0 Å². The van der Waals surface area contributed by atoms with Crippen molar-refractivity contribution in [2.24, 2.45) is 5.92 Å². The molecule has 1 N–H and O–H groups in total. The lowest BCUT2D eigenvalue weighted by Crippen LogP contribution is -2.41. The van der Waals surface area contributed by atoms with Crippen LogP contribution in [0, 0.1) is 5.92 Å². The van der Waals surface area contributed by atoms with E-state index in [4.69, 9.17) is 11.6 Å². The van der Waals surface area contributed by atoms with Crippen LogP contribution in [-0.2, 0) is 0 Å². The Hall–Kier alpha value is -0.810. The van der Waals surface area contributed by atoms with Crippen molar-refractivity contribution in [1.82, 2.24) is 15.3 Å². The number of hydrogen-bond acceptors (Lipinski definition) is 4. The number of nitrogens with one attached hydrogen (secondary N) is 1. The van der Waals surface area contributed by atoms with E-state index in [0.29, 0.717) is 16.1 Å². The average molecular weight is 300 g/mol. The SMILES string of the molecule is CSc1ncc(Cl)c(C(=O)NC2CCCCC2C)n1. The zero-order valence-electron chi connectivity index (χ0n) is 11.1. The van der Waals surface area contributed by atoms with Crippen LogP contribution in [0.25, 0.3) is 0 Å². The predicted octanol–water partition coefficient (Wildman–Crippen LogP) is 3.16. The third-order valence-corrected chi connectivity index (χ3v) is 4.39. The predicted molar refractivity (Wildman–Crippen MR) is 77.7 cm³/mol. The Morgan fingerprint density at radius 1 is 1.47 bits per heavy atom. The van der Waals surface area contributed by atoms with Gasteiger partial charge in [0.15, 0.2) is 10.9 Å². The summed E-state index contributed by atoms with van der Waals surface area (Å²) in [4.78, 5) is 20.5. The van der Waals surface area contributed by atoms with Gasteiger partial charge in [0.2, 0.25) is 0 Å².